The Morgan fingerprint density at radius 3 is 1.63 bits per heavy atom. The molecule has 41 heavy (non-hydrogen) atoms. The maximum Gasteiger partial charge on any atom is 0.407 e. The average molecular weight is 540 g/mol. The Balaban J connectivity index is 1.08. The highest BCUT2D eigenvalue weighted by molar-refractivity contribution is 5.81. The molecule has 0 saturated carbocycles. The molecular formula is C36H29NO4. The van der Waals surface area contributed by atoms with Crippen molar-refractivity contribution < 1.29 is 19.4 Å². The van der Waals surface area contributed by atoms with Crippen LogP contribution in [-0.2, 0) is 16.0 Å². The highest BCUT2D eigenvalue weighted by Crippen LogP contribution is 2.44. The second-order valence-corrected chi connectivity index (χ2v) is 10.2. The lowest BCUT2D eigenvalue weighted by Gasteiger charge is -2.17. The second-order valence-electron chi connectivity index (χ2n) is 10.2. The number of carboxylic acids is 1. The molecule has 6 rings (SSSR count). The third-order valence-corrected chi connectivity index (χ3v) is 7.65. The quantitative estimate of drug-likeness (QED) is 0.213. The monoisotopic (exact) mass is 539 g/mol. The van der Waals surface area contributed by atoms with Crippen molar-refractivity contribution in [2.24, 2.45) is 0 Å². The molecule has 0 fully saturated rings. The van der Waals surface area contributed by atoms with Crippen LogP contribution >= 0.6 is 0 Å². The van der Waals surface area contributed by atoms with Crippen LogP contribution in [0.5, 0.6) is 0 Å². The van der Waals surface area contributed by atoms with Crippen molar-refractivity contribution in [1.29, 1.82) is 0 Å². The number of amides is 1. The van der Waals surface area contributed by atoms with Crippen LogP contribution in [0.2, 0.25) is 0 Å². The van der Waals surface area contributed by atoms with Gasteiger partial charge in [-0.2, -0.15) is 0 Å². The first-order valence-corrected chi connectivity index (χ1v) is 13.7. The fraction of sp³-hybridized carbons (Fsp3) is 0.111. The van der Waals surface area contributed by atoms with E-state index in [0.717, 1.165) is 50.1 Å². The third-order valence-electron chi connectivity index (χ3n) is 7.65. The Hall–Kier alpha value is -5.16. The average Bonchev–Trinajstić information content (AvgIpc) is 3.34. The summed E-state index contributed by atoms with van der Waals surface area (Å²) in [6, 6.07) is 41.4. The molecule has 202 valence electrons. The van der Waals surface area contributed by atoms with Crippen molar-refractivity contribution in [2.45, 2.75) is 18.4 Å². The van der Waals surface area contributed by atoms with E-state index in [4.69, 9.17) is 4.74 Å². The van der Waals surface area contributed by atoms with Gasteiger partial charge in [0.25, 0.3) is 0 Å². The molecule has 0 spiro atoms. The highest BCUT2D eigenvalue weighted by Gasteiger charge is 2.29. The largest absolute Gasteiger partial charge is 0.480 e. The number of hydrogen-bond acceptors (Lipinski definition) is 3. The number of carbonyl (C=O) groups excluding carboxylic acids is 1. The molecule has 1 atom stereocenters. The molecule has 0 radical (unpaired) electrons. The van der Waals surface area contributed by atoms with Gasteiger partial charge in [0, 0.05) is 12.3 Å². The van der Waals surface area contributed by atoms with E-state index in [9.17, 15) is 14.7 Å². The zero-order valence-corrected chi connectivity index (χ0v) is 22.4. The van der Waals surface area contributed by atoms with Gasteiger partial charge in [-0.1, -0.05) is 127 Å². The van der Waals surface area contributed by atoms with Gasteiger partial charge in [0.1, 0.15) is 12.6 Å². The standard InChI is InChI=1S/C36H29NO4/c38-35(39)34(37-36(40)41-23-33-31-12-6-4-10-29(31)30-11-5-7-13-32(30)33)22-24-14-16-26(17-15-24)28-20-18-27(19-21-28)25-8-2-1-3-9-25/h1-21,33-34H,22-23H2,(H,37,40)(H,38,39)/t34-/m0/s1. The SMILES string of the molecule is O=C(N[C@@H](Cc1ccc(-c2ccc(-c3ccccc3)cc2)cc1)C(=O)O)OCC1c2ccccc2-c2ccccc21. The van der Waals surface area contributed by atoms with Crippen LogP contribution in [0.25, 0.3) is 33.4 Å². The van der Waals surface area contributed by atoms with Gasteiger partial charge in [0.05, 0.1) is 0 Å². The van der Waals surface area contributed by atoms with Crippen LogP contribution in [-0.4, -0.2) is 29.8 Å². The summed E-state index contributed by atoms with van der Waals surface area (Å²) in [4.78, 5) is 24.7. The number of benzene rings is 5. The molecule has 0 aromatic heterocycles. The van der Waals surface area contributed by atoms with Crippen molar-refractivity contribution in [3.63, 3.8) is 0 Å². The molecule has 5 aromatic rings. The van der Waals surface area contributed by atoms with Crippen molar-refractivity contribution >= 4 is 12.1 Å². The van der Waals surface area contributed by atoms with E-state index in [2.05, 4.69) is 53.8 Å². The molecule has 0 saturated heterocycles. The number of hydrogen-bond donors (Lipinski definition) is 2. The summed E-state index contributed by atoms with van der Waals surface area (Å²) in [7, 11) is 0. The minimum atomic E-state index is -1.11. The smallest absolute Gasteiger partial charge is 0.407 e. The van der Waals surface area contributed by atoms with Crippen molar-refractivity contribution in [3.05, 3.63) is 144 Å². The summed E-state index contributed by atoms with van der Waals surface area (Å²) in [5.41, 5.74) is 9.70. The Morgan fingerprint density at radius 1 is 0.634 bits per heavy atom. The molecule has 1 aliphatic carbocycles. The summed E-state index contributed by atoms with van der Waals surface area (Å²) in [5.74, 6) is -1.20. The molecule has 5 aromatic carbocycles. The van der Waals surface area contributed by atoms with E-state index in [-0.39, 0.29) is 18.9 Å². The molecule has 2 N–H and O–H groups in total. The predicted octanol–water partition coefficient (Wildman–Crippen LogP) is 7.56. The number of nitrogens with one attached hydrogen (secondary N) is 1. The van der Waals surface area contributed by atoms with Crippen LogP contribution in [0, 0.1) is 0 Å². The minimum Gasteiger partial charge on any atom is -0.480 e. The maximum absolute atomic E-state index is 12.7. The fourth-order valence-electron chi connectivity index (χ4n) is 5.54. The van der Waals surface area contributed by atoms with Crippen LogP contribution in [0.3, 0.4) is 0 Å². The predicted molar refractivity (Wildman–Crippen MR) is 161 cm³/mol. The van der Waals surface area contributed by atoms with E-state index in [1.807, 2.05) is 78.9 Å². The van der Waals surface area contributed by atoms with Crippen molar-refractivity contribution in [2.75, 3.05) is 6.61 Å². The maximum atomic E-state index is 12.7. The minimum absolute atomic E-state index is 0.0919. The lowest BCUT2D eigenvalue weighted by molar-refractivity contribution is -0.139. The molecule has 5 nitrogen and oxygen atoms in total. The number of carbonyl (C=O) groups is 2. The van der Waals surface area contributed by atoms with Gasteiger partial charge in [-0.15, -0.1) is 0 Å². The van der Waals surface area contributed by atoms with E-state index < -0.39 is 18.1 Å². The molecule has 5 heteroatoms. The number of ether oxygens (including phenoxy) is 1. The first kappa shape index (κ1) is 26.1. The second kappa shape index (κ2) is 11.5. The van der Waals surface area contributed by atoms with Gasteiger partial charge >= 0.3 is 12.1 Å². The number of fused-ring (bicyclic) bond motifs is 3. The van der Waals surface area contributed by atoms with Gasteiger partial charge in [0.2, 0.25) is 0 Å². The first-order valence-electron chi connectivity index (χ1n) is 13.7. The molecule has 1 amide bonds. The third kappa shape index (κ3) is 5.61. The number of alkyl carbamates (subject to hydrolysis) is 1. The molecular weight excluding hydrogens is 510 g/mol. The lowest BCUT2D eigenvalue weighted by atomic mass is 9.98. The summed E-state index contributed by atoms with van der Waals surface area (Å²) in [5, 5.41) is 12.4. The number of rotatable bonds is 8. The van der Waals surface area contributed by atoms with Gasteiger partial charge in [-0.05, 0) is 50.1 Å². The van der Waals surface area contributed by atoms with E-state index >= 15 is 0 Å². The Labute approximate surface area is 239 Å². The molecule has 0 heterocycles. The summed E-state index contributed by atoms with van der Waals surface area (Å²) < 4.78 is 5.56. The normalized spacial score (nSPS) is 12.7. The molecule has 0 aliphatic heterocycles. The van der Waals surface area contributed by atoms with Gasteiger partial charge in [0.15, 0.2) is 0 Å². The van der Waals surface area contributed by atoms with E-state index in [1.54, 1.807) is 0 Å². The topological polar surface area (TPSA) is 75.6 Å². The number of carboxylic acid groups (broad SMARTS) is 1. The fourth-order valence-corrected chi connectivity index (χ4v) is 5.54. The van der Waals surface area contributed by atoms with Crippen molar-refractivity contribution in [3.8, 4) is 33.4 Å². The number of aliphatic carboxylic acids is 1. The van der Waals surface area contributed by atoms with Gasteiger partial charge in [-0.25, -0.2) is 9.59 Å². The van der Waals surface area contributed by atoms with E-state index in [0.29, 0.717) is 0 Å². The summed E-state index contributed by atoms with van der Waals surface area (Å²) >= 11 is 0. The Morgan fingerprint density at radius 2 is 1.10 bits per heavy atom. The van der Waals surface area contributed by atoms with Crippen molar-refractivity contribution in [1.82, 2.24) is 5.32 Å². The molecule has 0 bridgehead atoms. The van der Waals surface area contributed by atoms with Gasteiger partial charge < -0.3 is 15.2 Å². The Kier molecular flexibility index (Phi) is 7.33. The van der Waals surface area contributed by atoms with Crippen LogP contribution in [0.15, 0.2) is 127 Å². The van der Waals surface area contributed by atoms with Crippen LogP contribution in [0.1, 0.15) is 22.6 Å². The zero-order chi connectivity index (χ0) is 28.2. The Bertz CT molecular complexity index is 1630. The first-order chi connectivity index (χ1) is 20.1. The van der Waals surface area contributed by atoms with Gasteiger partial charge in [-0.3, -0.25) is 0 Å². The lowest BCUT2D eigenvalue weighted by Crippen LogP contribution is -2.42. The molecule has 0 unspecified atom stereocenters. The van der Waals surface area contributed by atoms with Crippen LogP contribution < -0.4 is 5.32 Å². The zero-order valence-electron chi connectivity index (χ0n) is 22.4. The van der Waals surface area contributed by atoms with E-state index in [1.165, 1.54) is 0 Å². The highest BCUT2D eigenvalue weighted by atomic mass is 16.5. The summed E-state index contributed by atoms with van der Waals surface area (Å²) in [6.07, 6.45) is -0.596. The molecule has 1 aliphatic rings. The summed E-state index contributed by atoms with van der Waals surface area (Å²) in [6.45, 7) is 0.129. The van der Waals surface area contributed by atoms with Crippen LogP contribution in [0.4, 0.5) is 4.79 Å².